The Labute approximate surface area is 101 Å². The van der Waals surface area contributed by atoms with Gasteiger partial charge in [0.05, 0.1) is 6.04 Å². The van der Waals surface area contributed by atoms with Crippen LogP contribution in [0.5, 0.6) is 0 Å². The second-order valence-corrected chi connectivity index (χ2v) is 5.39. The lowest BCUT2D eigenvalue weighted by molar-refractivity contribution is 0.859. The van der Waals surface area contributed by atoms with E-state index in [0.29, 0.717) is 0 Å². The molecule has 2 rings (SSSR count). The first kappa shape index (κ1) is 11.4. The Morgan fingerprint density at radius 1 is 1.06 bits per heavy atom. The van der Waals surface area contributed by atoms with Crippen molar-refractivity contribution < 1.29 is 0 Å². The van der Waals surface area contributed by atoms with Gasteiger partial charge in [-0.1, -0.05) is 23.8 Å². The van der Waals surface area contributed by atoms with Gasteiger partial charge in [-0.05, 0) is 48.9 Å². The standard InChI is InChI=1S/C14H17NS/c1-9-4-5-12(10(2)8-9)14(15)13-6-7-16-11(13)3/h4-8,14H,15H2,1-3H3. The van der Waals surface area contributed by atoms with Crippen molar-refractivity contribution in [3.05, 3.63) is 56.8 Å². The van der Waals surface area contributed by atoms with Gasteiger partial charge in [0, 0.05) is 4.88 Å². The molecule has 0 bridgehead atoms. The van der Waals surface area contributed by atoms with E-state index in [1.54, 1.807) is 11.3 Å². The molecule has 0 aliphatic heterocycles. The minimum absolute atomic E-state index is 0.00634. The fourth-order valence-electron chi connectivity index (χ4n) is 2.06. The second kappa shape index (κ2) is 4.40. The molecule has 1 aromatic heterocycles. The number of hydrogen-bond acceptors (Lipinski definition) is 2. The van der Waals surface area contributed by atoms with E-state index in [1.165, 1.54) is 27.1 Å². The van der Waals surface area contributed by atoms with E-state index in [-0.39, 0.29) is 6.04 Å². The molecule has 16 heavy (non-hydrogen) atoms. The highest BCUT2D eigenvalue weighted by Crippen LogP contribution is 2.28. The summed E-state index contributed by atoms with van der Waals surface area (Å²) in [6.45, 7) is 6.37. The lowest BCUT2D eigenvalue weighted by atomic mass is 9.95. The summed E-state index contributed by atoms with van der Waals surface area (Å²) < 4.78 is 0. The molecule has 0 spiro atoms. The average molecular weight is 231 g/mol. The van der Waals surface area contributed by atoms with E-state index in [9.17, 15) is 0 Å². The molecule has 0 aliphatic carbocycles. The molecular weight excluding hydrogens is 214 g/mol. The second-order valence-electron chi connectivity index (χ2n) is 4.27. The molecule has 1 unspecified atom stereocenters. The quantitative estimate of drug-likeness (QED) is 0.837. The molecular formula is C14H17NS. The van der Waals surface area contributed by atoms with E-state index in [0.717, 1.165) is 0 Å². The van der Waals surface area contributed by atoms with E-state index in [2.05, 4.69) is 50.4 Å². The summed E-state index contributed by atoms with van der Waals surface area (Å²) in [6, 6.07) is 8.60. The van der Waals surface area contributed by atoms with Crippen LogP contribution in [0.15, 0.2) is 29.6 Å². The molecule has 0 radical (unpaired) electrons. The first-order valence-electron chi connectivity index (χ1n) is 5.46. The fourth-order valence-corrected chi connectivity index (χ4v) is 2.81. The van der Waals surface area contributed by atoms with Crippen LogP contribution in [0.1, 0.15) is 33.2 Å². The van der Waals surface area contributed by atoms with Gasteiger partial charge in [0.15, 0.2) is 0 Å². The van der Waals surface area contributed by atoms with Crippen molar-refractivity contribution in [2.75, 3.05) is 0 Å². The van der Waals surface area contributed by atoms with Crippen molar-refractivity contribution in [1.29, 1.82) is 0 Å². The Bertz CT molecular complexity index is 499. The summed E-state index contributed by atoms with van der Waals surface area (Å²) in [7, 11) is 0. The summed E-state index contributed by atoms with van der Waals surface area (Å²) >= 11 is 1.76. The highest BCUT2D eigenvalue weighted by molar-refractivity contribution is 7.10. The van der Waals surface area contributed by atoms with Crippen molar-refractivity contribution in [3.8, 4) is 0 Å². The maximum absolute atomic E-state index is 6.32. The van der Waals surface area contributed by atoms with Crippen LogP contribution in [0.2, 0.25) is 0 Å². The van der Waals surface area contributed by atoms with Gasteiger partial charge in [-0.2, -0.15) is 0 Å². The largest absolute Gasteiger partial charge is 0.320 e. The summed E-state index contributed by atoms with van der Waals surface area (Å²) in [6.07, 6.45) is 0. The SMILES string of the molecule is Cc1ccc(C(N)c2ccsc2C)c(C)c1. The third kappa shape index (κ3) is 2.04. The van der Waals surface area contributed by atoms with Crippen LogP contribution in [0, 0.1) is 20.8 Å². The van der Waals surface area contributed by atoms with E-state index in [4.69, 9.17) is 5.73 Å². The summed E-state index contributed by atoms with van der Waals surface area (Å²) in [5.41, 5.74) is 11.4. The average Bonchev–Trinajstić information content (AvgIpc) is 2.63. The molecule has 0 aliphatic rings. The van der Waals surface area contributed by atoms with Gasteiger partial charge >= 0.3 is 0 Å². The number of nitrogens with two attached hydrogens (primary N) is 1. The van der Waals surface area contributed by atoms with Crippen LogP contribution in [-0.4, -0.2) is 0 Å². The van der Waals surface area contributed by atoms with E-state index >= 15 is 0 Å². The van der Waals surface area contributed by atoms with Crippen LogP contribution in [0.25, 0.3) is 0 Å². The molecule has 1 atom stereocenters. The zero-order valence-electron chi connectivity index (χ0n) is 9.95. The number of thiophene rings is 1. The molecule has 1 aromatic carbocycles. The van der Waals surface area contributed by atoms with Gasteiger partial charge in [-0.15, -0.1) is 11.3 Å². The highest BCUT2D eigenvalue weighted by Gasteiger charge is 2.14. The third-order valence-electron chi connectivity index (χ3n) is 2.99. The Morgan fingerprint density at radius 3 is 2.38 bits per heavy atom. The van der Waals surface area contributed by atoms with Gasteiger partial charge in [0.25, 0.3) is 0 Å². The Balaban J connectivity index is 2.41. The lowest BCUT2D eigenvalue weighted by Gasteiger charge is -2.15. The maximum atomic E-state index is 6.32. The predicted octanol–water partition coefficient (Wildman–Crippen LogP) is 3.72. The summed E-state index contributed by atoms with van der Waals surface area (Å²) in [5, 5.41) is 2.11. The smallest absolute Gasteiger partial charge is 0.0565 e. The molecule has 84 valence electrons. The van der Waals surface area contributed by atoms with Crippen LogP contribution < -0.4 is 5.73 Å². The molecule has 0 fully saturated rings. The van der Waals surface area contributed by atoms with E-state index in [1.807, 2.05) is 0 Å². The summed E-state index contributed by atoms with van der Waals surface area (Å²) in [4.78, 5) is 1.31. The molecule has 0 amide bonds. The topological polar surface area (TPSA) is 26.0 Å². The minimum Gasteiger partial charge on any atom is -0.320 e. The molecule has 0 saturated heterocycles. The number of benzene rings is 1. The Hall–Kier alpha value is -1.12. The first-order valence-corrected chi connectivity index (χ1v) is 6.34. The highest BCUT2D eigenvalue weighted by atomic mass is 32.1. The van der Waals surface area contributed by atoms with Crippen LogP contribution in [-0.2, 0) is 0 Å². The molecule has 2 aromatic rings. The zero-order valence-corrected chi connectivity index (χ0v) is 10.8. The third-order valence-corrected chi connectivity index (χ3v) is 3.86. The van der Waals surface area contributed by atoms with Crippen molar-refractivity contribution in [3.63, 3.8) is 0 Å². The molecule has 2 heteroatoms. The normalized spacial score (nSPS) is 12.8. The minimum atomic E-state index is 0.00634. The molecule has 2 N–H and O–H groups in total. The van der Waals surface area contributed by atoms with Crippen LogP contribution in [0.3, 0.4) is 0 Å². The lowest BCUT2D eigenvalue weighted by Crippen LogP contribution is -2.13. The molecule has 1 nitrogen and oxygen atoms in total. The van der Waals surface area contributed by atoms with Gasteiger partial charge in [0.1, 0.15) is 0 Å². The predicted molar refractivity (Wildman–Crippen MR) is 71.0 cm³/mol. The molecule has 0 saturated carbocycles. The first-order chi connectivity index (χ1) is 7.59. The Morgan fingerprint density at radius 2 is 1.81 bits per heavy atom. The fraction of sp³-hybridized carbons (Fsp3) is 0.286. The summed E-state index contributed by atoms with van der Waals surface area (Å²) in [5.74, 6) is 0. The van der Waals surface area contributed by atoms with Crippen LogP contribution in [0.4, 0.5) is 0 Å². The van der Waals surface area contributed by atoms with Crippen molar-refractivity contribution in [2.45, 2.75) is 26.8 Å². The van der Waals surface area contributed by atoms with E-state index < -0.39 is 0 Å². The number of hydrogen-bond donors (Lipinski definition) is 1. The van der Waals surface area contributed by atoms with Gasteiger partial charge in [0.2, 0.25) is 0 Å². The zero-order chi connectivity index (χ0) is 11.7. The van der Waals surface area contributed by atoms with Gasteiger partial charge in [-0.25, -0.2) is 0 Å². The monoisotopic (exact) mass is 231 g/mol. The number of aryl methyl sites for hydroxylation is 3. The van der Waals surface area contributed by atoms with Crippen LogP contribution >= 0.6 is 11.3 Å². The van der Waals surface area contributed by atoms with Gasteiger partial charge in [-0.3, -0.25) is 0 Å². The van der Waals surface area contributed by atoms with Gasteiger partial charge < -0.3 is 5.73 Å². The van der Waals surface area contributed by atoms with Crippen molar-refractivity contribution >= 4 is 11.3 Å². The maximum Gasteiger partial charge on any atom is 0.0565 e. The Kier molecular flexibility index (Phi) is 3.13. The molecule has 1 heterocycles. The van der Waals surface area contributed by atoms with Crippen molar-refractivity contribution in [2.24, 2.45) is 5.73 Å². The van der Waals surface area contributed by atoms with Crippen molar-refractivity contribution in [1.82, 2.24) is 0 Å². The number of rotatable bonds is 2.